The number of ether oxygens (including phenoxy) is 1. The van der Waals surface area contributed by atoms with E-state index in [1.54, 1.807) is 25.3 Å². The number of carbonyl (C=O) groups excluding carboxylic acids is 1. The highest BCUT2D eigenvalue weighted by atomic mass is 16.5. The lowest BCUT2D eigenvalue weighted by molar-refractivity contribution is 0.0526. The Kier molecular flexibility index (Phi) is 4.23. The van der Waals surface area contributed by atoms with Crippen molar-refractivity contribution in [2.75, 3.05) is 11.9 Å². The quantitative estimate of drug-likeness (QED) is 0.833. The first-order valence-corrected chi connectivity index (χ1v) is 6.28. The maximum absolute atomic E-state index is 11.5. The topological polar surface area (TPSA) is 51.5 Å². The van der Waals surface area contributed by atoms with Gasteiger partial charge in [0.25, 0.3) is 0 Å². The van der Waals surface area contributed by atoms with E-state index in [1.807, 2.05) is 31.2 Å². The van der Waals surface area contributed by atoms with Crippen LogP contribution in [-0.4, -0.2) is 12.6 Å². The normalized spacial score (nSPS) is 11.9. The van der Waals surface area contributed by atoms with Gasteiger partial charge in [-0.15, -0.1) is 0 Å². The molecule has 2 rings (SSSR count). The number of nitrogens with one attached hydrogen (secondary N) is 1. The monoisotopic (exact) mass is 259 g/mol. The minimum absolute atomic E-state index is 0.0726. The molecule has 19 heavy (non-hydrogen) atoms. The zero-order chi connectivity index (χ0) is 13.7. The van der Waals surface area contributed by atoms with Gasteiger partial charge in [0.05, 0.1) is 24.5 Å². The van der Waals surface area contributed by atoms with Crippen molar-refractivity contribution in [2.45, 2.75) is 19.9 Å². The van der Waals surface area contributed by atoms with E-state index in [0.717, 1.165) is 11.4 Å². The summed E-state index contributed by atoms with van der Waals surface area (Å²) < 4.78 is 10.3. The van der Waals surface area contributed by atoms with Crippen LogP contribution in [0.25, 0.3) is 0 Å². The molecule has 2 aromatic rings. The molecule has 0 aliphatic heterocycles. The van der Waals surface area contributed by atoms with Crippen LogP contribution in [0.1, 0.15) is 36.0 Å². The molecular formula is C15H17NO3. The Balaban J connectivity index is 2.01. The lowest BCUT2D eigenvalue weighted by Gasteiger charge is -2.13. The van der Waals surface area contributed by atoms with Crippen molar-refractivity contribution < 1.29 is 13.9 Å². The molecule has 0 fully saturated rings. The minimum atomic E-state index is -0.298. The molecule has 1 aromatic carbocycles. The third-order valence-corrected chi connectivity index (χ3v) is 2.75. The largest absolute Gasteiger partial charge is 0.467 e. The molecule has 0 spiro atoms. The first-order valence-electron chi connectivity index (χ1n) is 6.28. The van der Waals surface area contributed by atoms with Gasteiger partial charge < -0.3 is 14.5 Å². The fourth-order valence-corrected chi connectivity index (χ4v) is 1.78. The molecule has 0 saturated heterocycles. The number of carbonyl (C=O) groups is 1. The molecule has 0 aliphatic rings. The second-order valence-electron chi connectivity index (χ2n) is 4.18. The average molecular weight is 259 g/mol. The molecule has 0 amide bonds. The van der Waals surface area contributed by atoms with Crippen molar-refractivity contribution in [2.24, 2.45) is 0 Å². The standard InChI is InChI=1S/C15H17NO3/c1-3-18-15(17)12-6-8-13(9-7-12)16-11(2)14-5-4-10-19-14/h4-11,16H,3H2,1-2H3. The van der Waals surface area contributed by atoms with Gasteiger partial charge in [-0.1, -0.05) is 0 Å². The Labute approximate surface area is 112 Å². The maximum Gasteiger partial charge on any atom is 0.338 e. The highest BCUT2D eigenvalue weighted by molar-refractivity contribution is 5.89. The number of benzene rings is 1. The van der Waals surface area contributed by atoms with Gasteiger partial charge in [0.1, 0.15) is 5.76 Å². The molecule has 1 aromatic heterocycles. The molecule has 1 N–H and O–H groups in total. The number of esters is 1. The van der Waals surface area contributed by atoms with E-state index in [4.69, 9.17) is 9.15 Å². The second-order valence-corrected chi connectivity index (χ2v) is 4.18. The van der Waals surface area contributed by atoms with Crippen LogP contribution in [-0.2, 0) is 4.74 Å². The first-order chi connectivity index (χ1) is 9.20. The number of hydrogen-bond acceptors (Lipinski definition) is 4. The molecule has 1 unspecified atom stereocenters. The summed E-state index contributed by atoms with van der Waals surface area (Å²) in [5.74, 6) is 0.572. The van der Waals surface area contributed by atoms with Gasteiger partial charge in [-0.05, 0) is 50.2 Å². The van der Waals surface area contributed by atoms with Gasteiger partial charge in [0.2, 0.25) is 0 Å². The summed E-state index contributed by atoms with van der Waals surface area (Å²) in [5, 5.41) is 3.30. The molecule has 0 aliphatic carbocycles. The highest BCUT2D eigenvalue weighted by Gasteiger charge is 2.09. The summed E-state index contributed by atoms with van der Waals surface area (Å²) in [6, 6.07) is 11.0. The van der Waals surface area contributed by atoms with Crippen LogP contribution in [0.4, 0.5) is 5.69 Å². The van der Waals surface area contributed by atoms with Gasteiger partial charge in [-0.25, -0.2) is 4.79 Å². The highest BCUT2D eigenvalue weighted by Crippen LogP contribution is 2.19. The van der Waals surface area contributed by atoms with Gasteiger partial charge in [0.15, 0.2) is 0 Å². The number of anilines is 1. The number of hydrogen-bond donors (Lipinski definition) is 1. The third-order valence-electron chi connectivity index (χ3n) is 2.75. The Bertz CT molecular complexity index is 517. The Hall–Kier alpha value is -2.23. The fraction of sp³-hybridized carbons (Fsp3) is 0.267. The molecule has 0 radical (unpaired) electrons. The summed E-state index contributed by atoms with van der Waals surface area (Å²) in [7, 11) is 0. The van der Waals surface area contributed by atoms with E-state index >= 15 is 0 Å². The van der Waals surface area contributed by atoms with Crippen molar-refractivity contribution >= 4 is 11.7 Å². The van der Waals surface area contributed by atoms with Crippen molar-refractivity contribution in [3.63, 3.8) is 0 Å². The summed E-state index contributed by atoms with van der Waals surface area (Å²) in [6.45, 7) is 4.19. The van der Waals surface area contributed by atoms with Crippen LogP contribution < -0.4 is 5.32 Å². The van der Waals surface area contributed by atoms with Crippen molar-refractivity contribution in [3.05, 3.63) is 54.0 Å². The molecular weight excluding hydrogens is 242 g/mol. The molecule has 1 atom stereocenters. The third kappa shape index (κ3) is 3.37. The number of furan rings is 1. The van der Waals surface area contributed by atoms with E-state index < -0.39 is 0 Å². The van der Waals surface area contributed by atoms with Crippen LogP contribution in [0.5, 0.6) is 0 Å². The fourth-order valence-electron chi connectivity index (χ4n) is 1.78. The molecule has 4 nitrogen and oxygen atoms in total. The summed E-state index contributed by atoms with van der Waals surface area (Å²) in [4.78, 5) is 11.5. The smallest absolute Gasteiger partial charge is 0.338 e. The van der Waals surface area contributed by atoms with Crippen LogP contribution in [0.15, 0.2) is 47.1 Å². The van der Waals surface area contributed by atoms with Crippen LogP contribution >= 0.6 is 0 Å². The van der Waals surface area contributed by atoms with Crippen molar-refractivity contribution in [3.8, 4) is 0 Å². The Morgan fingerprint density at radius 2 is 2.05 bits per heavy atom. The van der Waals surface area contributed by atoms with Crippen LogP contribution in [0, 0.1) is 0 Å². The molecule has 4 heteroatoms. The van der Waals surface area contributed by atoms with E-state index in [9.17, 15) is 4.79 Å². The maximum atomic E-state index is 11.5. The number of rotatable bonds is 5. The minimum Gasteiger partial charge on any atom is -0.467 e. The SMILES string of the molecule is CCOC(=O)c1ccc(NC(C)c2ccco2)cc1. The van der Waals surface area contributed by atoms with Crippen molar-refractivity contribution in [1.29, 1.82) is 0 Å². The van der Waals surface area contributed by atoms with Gasteiger partial charge in [-0.3, -0.25) is 0 Å². The average Bonchev–Trinajstić information content (AvgIpc) is 2.94. The molecule has 0 bridgehead atoms. The summed E-state index contributed by atoms with van der Waals surface area (Å²) in [6.07, 6.45) is 1.65. The molecule has 0 saturated carbocycles. The lowest BCUT2D eigenvalue weighted by Crippen LogP contribution is -2.07. The van der Waals surface area contributed by atoms with E-state index in [-0.39, 0.29) is 12.0 Å². The van der Waals surface area contributed by atoms with E-state index in [2.05, 4.69) is 5.32 Å². The summed E-state index contributed by atoms with van der Waals surface area (Å²) >= 11 is 0. The van der Waals surface area contributed by atoms with Gasteiger partial charge in [0, 0.05) is 5.69 Å². The zero-order valence-electron chi connectivity index (χ0n) is 11.1. The predicted molar refractivity (Wildman–Crippen MR) is 73.1 cm³/mol. The predicted octanol–water partition coefficient (Wildman–Crippen LogP) is 3.63. The van der Waals surface area contributed by atoms with E-state index in [0.29, 0.717) is 12.2 Å². The van der Waals surface area contributed by atoms with Gasteiger partial charge >= 0.3 is 5.97 Å². The van der Waals surface area contributed by atoms with E-state index in [1.165, 1.54) is 0 Å². The second kappa shape index (κ2) is 6.09. The molecule has 100 valence electrons. The van der Waals surface area contributed by atoms with Crippen LogP contribution in [0.3, 0.4) is 0 Å². The Morgan fingerprint density at radius 3 is 2.63 bits per heavy atom. The summed E-state index contributed by atoms with van der Waals surface area (Å²) in [5.41, 5.74) is 1.48. The Morgan fingerprint density at radius 1 is 1.32 bits per heavy atom. The zero-order valence-corrected chi connectivity index (χ0v) is 11.1. The lowest BCUT2D eigenvalue weighted by atomic mass is 10.2. The first kappa shape index (κ1) is 13.2. The van der Waals surface area contributed by atoms with Gasteiger partial charge in [-0.2, -0.15) is 0 Å². The van der Waals surface area contributed by atoms with Crippen LogP contribution in [0.2, 0.25) is 0 Å². The van der Waals surface area contributed by atoms with Crippen molar-refractivity contribution in [1.82, 2.24) is 0 Å². The molecule has 1 heterocycles.